The van der Waals surface area contributed by atoms with Gasteiger partial charge in [-0.3, -0.25) is 0 Å². The van der Waals surface area contributed by atoms with E-state index in [0.717, 1.165) is 6.42 Å². The number of hydrogen-bond donors (Lipinski definition) is 0. The van der Waals surface area contributed by atoms with E-state index in [1.807, 2.05) is 6.92 Å². The van der Waals surface area contributed by atoms with Gasteiger partial charge in [-0.2, -0.15) is 0 Å². The highest BCUT2D eigenvalue weighted by Gasteiger charge is 2.19. The van der Waals surface area contributed by atoms with Crippen molar-refractivity contribution in [1.29, 1.82) is 0 Å². The Hall–Kier alpha value is -0.530. The Labute approximate surface area is 62.3 Å². The van der Waals surface area contributed by atoms with E-state index in [1.165, 1.54) is 12.8 Å². The van der Waals surface area contributed by atoms with Crippen molar-refractivity contribution in [3.05, 3.63) is 0 Å². The van der Waals surface area contributed by atoms with Gasteiger partial charge in [-0.15, -0.1) is 0 Å². The summed E-state index contributed by atoms with van der Waals surface area (Å²) in [6, 6.07) is 0. The highest BCUT2D eigenvalue weighted by Crippen LogP contribution is 2.26. The zero-order valence-corrected chi connectivity index (χ0v) is 6.63. The van der Waals surface area contributed by atoms with Crippen LogP contribution in [-0.2, 0) is 4.84 Å². The summed E-state index contributed by atoms with van der Waals surface area (Å²) in [4.78, 5) is 5.06. The molecule has 0 amide bonds. The first-order valence-corrected chi connectivity index (χ1v) is 3.94. The maximum Gasteiger partial charge on any atom is 0.124 e. The quantitative estimate of drug-likeness (QED) is 0.432. The van der Waals surface area contributed by atoms with Gasteiger partial charge in [0.05, 0.1) is 0 Å². The molecule has 0 aromatic rings. The minimum absolute atomic E-state index is 0.242. The predicted octanol–water partition coefficient (Wildman–Crippen LogP) is 2.07. The third-order valence-corrected chi connectivity index (χ3v) is 1.62. The minimum Gasteiger partial charge on any atom is -0.393 e. The second kappa shape index (κ2) is 3.59. The van der Waals surface area contributed by atoms with Crippen LogP contribution >= 0.6 is 0 Å². The SMILES string of the molecule is CCC(C)O/N=[C]/C1CC1. The fraction of sp³-hybridized carbons (Fsp3) is 0.875. The van der Waals surface area contributed by atoms with Gasteiger partial charge in [-0.25, -0.2) is 0 Å². The van der Waals surface area contributed by atoms with Crippen LogP contribution in [0.3, 0.4) is 0 Å². The van der Waals surface area contributed by atoms with Crippen LogP contribution in [0.25, 0.3) is 0 Å². The first kappa shape index (κ1) is 7.58. The van der Waals surface area contributed by atoms with E-state index in [-0.39, 0.29) is 6.10 Å². The van der Waals surface area contributed by atoms with E-state index in [2.05, 4.69) is 18.3 Å². The Kier molecular flexibility index (Phi) is 2.72. The fourth-order valence-corrected chi connectivity index (χ4v) is 0.482. The molecule has 10 heavy (non-hydrogen) atoms. The van der Waals surface area contributed by atoms with Gasteiger partial charge < -0.3 is 4.84 Å². The van der Waals surface area contributed by atoms with Crippen LogP contribution in [-0.4, -0.2) is 12.3 Å². The van der Waals surface area contributed by atoms with E-state index < -0.39 is 0 Å². The second-order valence-electron chi connectivity index (χ2n) is 2.82. The Bertz CT molecular complexity index is 118. The molecule has 1 aliphatic carbocycles. The Morgan fingerprint density at radius 1 is 1.70 bits per heavy atom. The average molecular weight is 140 g/mol. The van der Waals surface area contributed by atoms with Crippen molar-refractivity contribution < 1.29 is 4.84 Å². The summed E-state index contributed by atoms with van der Waals surface area (Å²) >= 11 is 0. The van der Waals surface area contributed by atoms with E-state index in [4.69, 9.17) is 4.84 Å². The highest BCUT2D eigenvalue weighted by atomic mass is 16.6. The van der Waals surface area contributed by atoms with E-state index in [1.54, 1.807) is 0 Å². The number of hydrogen-bond acceptors (Lipinski definition) is 2. The van der Waals surface area contributed by atoms with Crippen molar-refractivity contribution >= 4 is 6.21 Å². The largest absolute Gasteiger partial charge is 0.393 e. The first-order chi connectivity index (χ1) is 4.83. The summed E-state index contributed by atoms with van der Waals surface area (Å²) in [5.41, 5.74) is 0. The first-order valence-electron chi connectivity index (χ1n) is 3.94. The zero-order chi connectivity index (χ0) is 7.40. The average Bonchev–Trinajstić information content (AvgIpc) is 2.71. The summed E-state index contributed by atoms with van der Waals surface area (Å²) in [7, 11) is 0. The van der Waals surface area contributed by atoms with Crippen molar-refractivity contribution in [3.63, 3.8) is 0 Å². The molecule has 1 aliphatic rings. The van der Waals surface area contributed by atoms with E-state index in [0.29, 0.717) is 5.92 Å². The normalized spacial score (nSPS) is 21.4. The summed E-state index contributed by atoms with van der Waals surface area (Å²) < 4.78 is 0. The van der Waals surface area contributed by atoms with Crippen LogP contribution in [0.4, 0.5) is 0 Å². The van der Waals surface area contributed by atoms with Gasteiger partial charge in [-0.05, 0) is 26.2 Å². The fourth-order valence-electron chi connectivity index (χ4n) is 0.482. The van der Waals surface area contributed by atoms with Gasteiger partial charge in [0, 0.05) is 5.92 Å². The molecule has 0 N–H and O–H groups in total. The van der Waals surface area contributed by atoms with Crippen LogP contribution in [0.5, 0.6) is 0 Å². The lowest BCUT2D eigenvalue weighted by Gasteiger charge is -2.03. The molecule has 2 heteroatoms. The van der Waals surface area contributed by atoms with Gasteiger partial charge in [-0.1, -0.05) is 12.1 Å². The number of nitrogens with zero attached hydrogens (tertiary/aromatic N) is 1. The monoisotopic (exact) mass is 140 g/mol. The van der Waals surface area contributed by atoms with Crippen molar-refractivity contribution in [2.45, 2.75) is 39.2 Å². The molecule has 1 rings (SSSR count). The van der Waals surface area contributed by atoms with Crippen molar-refractivity contribution in [2.24, 2.45) is 11.1 Å². The lowest BCUT2D eigenvalue weighted by Crippen LogP contribution is -2.01. The molecule has 0 aromatic heterocycles. The van der Waals surface area contributed by atoms with E-state index >= 15 is 0 Å². The van der Waals surface area contributed by atoms with Gasteiger partial charge >= 0.3 is 0 Å². The zero-order valence-electron chi connectivity index (χ0n) is 6.63. The molecule has 0 saturated heterocycles. The molecular weight excluding hydrogens is 126 g/mol. The molecule has 0 bridgehead atoms. The van der Waals surface area contributed by atoms with Crippen LogP contribution < -0.4 is 0 Å². The maximum absolute atomic E-state index is 5.06. The molecule has 1 fully saturated rings. The third kappa shape index (κ3) is 2.85. The van der Waals surface area contributed by atoms with Crippen LogP contribution in [0, 0.1) is 5.92 Å². The molecular formula is C8H14NO. The molecule has 2 nitrogen and oxygen atoms in total. The third-order valence-electron chi connectivity index (χ3n) is 1.62. The van der Waals surface area contributed by atoms with Gasteiger partial charge in [0.2, 0.25) is 0 Å². The minimum atomic E-state index is 0.242. The smallest absolute Gasteiger partial charge is 0.124 e. The molecule has 1 saturated carbocycles. The molecule has 0 aromatic carbocycles. The molecule has 0 spiro atoms. The highest BCUT2D eigenvalue weighted by molar-refractivity contribution is 5.62. The van der Waals surface area contributed by atoms with Gasteiger partial charge in [0.25, 0.3) is 0 Å². The van der Waals surface area contributed by atoms with Crippen molar-refractivity contribution in [1.82, 2.24) is 0 Å². The lowest BCUT2D eigenvalue weighted by atomic mass is 10.3. The summed E-state index contributed by atoms with van der Waals surface area (Å²) in [5.74, 6) is 0.601. The summed E-state index contributed by atoms with van der Waals surface area (Å²) in [6.07, 6.45) is 6.66. The standard InChI is InChI=1S/C8H14NO/c1-3-7(2)10-9-6-8-4-5-8/h7-8H,3-5H2,1-2H3. The molecule has 1 atom stereocenters. The summed E-state index contributed by atoms with van der Waals surface area (Å²) in [5, 5.41) is 3.75. The molecule has 1 radical (unpaired) electrons. The van der Waals surface area contributed by atoms with Crippen LogP contribution in [0.1, 0.15) is 33.1 Å². The molecule has 0 aliphatic heterocycles. The van der Waals surface area contributed by atoms with Crippen LogP contribution in [0.2, 0.25) is 0 Å². The molecule has 0 heterocycles. The molecule has 1 unspecified atom stereocenters. The Morgan fingerprint density at radius 3 is 2.90 bits per heavy atom. The van der Waals surface area contributed by atoms with Gasteiger partial charge in [0.15, 0.2) is 0 Å². The van der Waals surface area contributed by atoms with Crippen molar-refractivity contribution in [3.8, 4) is 0 Å². The maximum atomic E-state index is 5.06. The number of rotatable bonds is 4. The molecule has 57 valence electrons. The van der Waals surface area contributed by atoms with E-state index in [9.17, 15) is 0 Å². The van der Waals surface area contributed by atoms with Gasteiger partial charge in [0.1, 0.15) is 12.3 Å². The lowest BCUT2D eigenvalue weighted by molar-refractivity contribution is 0.0705. The van der Waals surface area contributed by atoms with Crippen LogP contribution in [0.15, 0.2) is 5.16 Å². The second-order valence-corrected chi connectivity index (χ2v) is 2.82. The Balaban J connectivity index is 2.01. The predicted molar refractivity (Wildman–Crippen MR) is 41.0 cm³/mol. The summed E-state index contributed by atoms with van der Waals surface area (Å²) in [6.45, 7) is 4.09. The Morgan fingerprint density at radius 2 is 2.40 bits per heavy atom. The topological polar surface area (TPSA) is 21.6 Å². The van der Waals surface area contributed by atoms with Crippen molar-refractivity contribution in [2.75, 3.05) is 0 Å².